The fraction of sp³-hybridized carbons (Fsp3) is 0.923. The molecule has 0 aliphatic carbocycles. The third-order valence-corrected chi connectivity index (χ3v) is 3.05. The molecule has 1 fully saturated rings. The van der Waals surface area contributed by atoms with Crippen LogP contribution in [0.1, 0.15) is 26.7 Å². The zero-order valence-electron chi connectivity index (χ0n) is 11.7. The molecule has 0 spiro atoms. The van der Waals surface area contributed by atoms with E-state index >= 15 is 0 Å². The highest BCUT2D eigenvalue weighted by Crippen LogP contribution is 1.97. The number of nitrogens with one attached hydrogen (secondary N) is 2. The molecule has 2 amide bonds. The minimum atomic E-state index is -0.0439. The van der Waals surface area contributed by atoms with E-state index in [1.165, 1.54) is 0 Å². The summed E-state index contributed by atoms with van der Waals surface area (Å²) in [5.74, 6) is 0.631. The molecule has 1 rings (SSSR count). The van der Waals surface area contributed by atoms with Crippen LogP contribution in [0.3, 0.4) is 0 Å². The summed E-state index contributed by atoms with van der Waals surface area (Å²) in [6.07, 6.45) is 2.03. The summed E-state index contributed by atoms with van der Waals surface area (Å²) in [6.45, 7) is 10.5. The fourth-order valence-electron chi connectivity index (χ4n) is 1.87. The molecule has 0 unspecified atom stereocenters. The van der Waals surface area contributed by atoms with E-state index in [1.54, 1.807) is 0 Å². The van der Waals surface area contributed by atoms with Crippen molar-refractivity contribution >= 4 is 6.03 Å². The summed E-state index contributed by atoms with van der Waals surface area (Å²) in [6, 6.07) is -0.0439. The number of ether oxygens (including phenoxy) is 1. The number of urea groups is 1. The van der Waals surface area contributed by atoms with E-state index in [0.717, 1.165) is 58.8 Å². The van der Waals surface area contributed by atoms with Crippen molar-refractivity contribution in [1.29, 1.82) is 0 Å². The molecule has 0 aromatic rings. The fourth-order valence-corrected chi connectivity index (χ4v) is 1.87. The average Bonchev–Trinajstić information content (AvgIpc) is 2.35. The Morgan fingerprint density at radius 2 is 1.89 bits per heavy atom. The van der Waals surface area contributed by atoms with Crippen molar-refractivity contribution in [2.45, 2.75) is 26.7 Å². The number of carbonyl (C=O) groups is 1. The van der Waals surface area contributed by atoms with Gasteiger partial charge in [0.2, 0.25) is 0 Å². The molecule has 1 aliphatic rings. The first-order valence-electron chi connectivity index (χ1n) is 7.00. The Morgan fingerprint density at radius 1 is 1.22 bits per heavy atom. The van der Waals surface area contributed by atoms with Crippen LogP contribution >= 0.6 is 0 Å². The summed E-state index contributed by atoms with van der Waals surface area (Å²) < 4.78 is 5.29. The lowest BCUT2D eigenvalue weighted by Crippen LogP contribution is -2.40. The van der Waals surface area contributed by atoms with Gasteiger partial charge in [-0.1, -0.05) is 13.8 Å². The predicted molar refractivity (Wildman–Crippen MR) is 72.7 cm³/mol. The molecule has 0 aromatic heterocycles. The molecule has 5 nitrogen and oxygen atoms in total. The van der Waals surface area contributed by atoms with Crippen LogP contribution in [0.15, 0.2) is 0 Å². The van der Waals surface area contributed by atoms with Crippen molar-refractivity contribution < 1.29 is 9.53 Å². The molecule has 0 atom stereocenters. The lowest BCUT2D eigenvalue weighted by atomic mass is 10.1. The number of morpholine rings is 1. The van der Waals surface area contributed by atoms with Crippen LogP contribution in [0, 0.1) is 5.92 Å². The predicted octanol–water partition coefficient (Wildman–Crippen LogP) is 1.05. The lowest BCUT2D eigenvalue weighted by Gasteiger charge is -2.26. The van der Waals surface area contributed by atoms with Crippen molar-refractivity contribution in [3.05, 3.63) is 0 Å². The van der Waals surface area contributed by atoms with Gasteiger partial charge in [0.25, 0.3) is 0 Å². The topological polar surface area (TPSA) is 53.6 Å². The maximum Gasteiger partial charge on any atom is 0.314 e. The first-order chi connectivity index (χ1) is 8.68. The van der Waals surface area contributed by atoms with Crippen molar-refractivity contribution in [3.63, 3.8) is 0 Å². The Balaban J connectivity index is 1.91. The van der Waals surface area contributed by atoms with E-state index < -0.39 is 0 Å². The standard InChI is InChI=1S/C13H27N3O2/c1-12(2)4-6-15-13(17)14-5-3-7-16-8-10-18-11-9-16/h12H,3-11H2,1-2H3,(H2,14,15,17). The van der Waals surface area contributed by atoms with Gasteiger partial charge >= 0.3 is 6.03 Å². The van der Waals surface area contributed by atoms with Crippen LogP contribution in [0.5, 0.6) is 0 Å². The molecule has 1 saturated heterocycles. The van der Waals surface area contributed by atoms with Crippen molar-refractivity contribution in [3.8, 4) is 0 Å². The van der Waals surface area contributed by atoms with Crippen LogP contribution in [0.25, 0.3) is 0 Å². The van der Waals surface area contributed by atoms with Crippen molar-refractivity contribution in [2.24, 2.45) is 5.92 Å². The first kappa shape index (κ1) is 15.2. The Morgan fingerprint density at radius 3 is 2.56 bits per heavy atom. The van der Waals surface area contributed by atoms with Gasteiger partial charge in [-0.2, -0.15) is 0 Å². The molecule has 0 radical (unpaired) electrons. The van der Waals surface area contributed by atoms with E-state index in [2.05, 4.69) is 29.4 Å². The number of nitrogens with zero attached hydrogens (tertiary/aromatic N) is 1. The number of amides is 2. The van der Waals surface area contributed by atoms with Gasteiger partial charge in [0, 0.05) is 26.2 Å². The van der Waals surface area contributed by atoms with Crippen LogP contribution in [-0.2, 0) is 4.74 Å². The SMILES string of the molecule is CC(C)CCNC(=O)NCCCN1CCOCC1. The third kappa shape index (κ3) is 7.50. The van der Waals surface area contributed by atoms with Crippen LogP contribution < -0.4 is 10.6 Å². The normalized spacial score (nSPS) is 16.8. The highest BCUT2D eigenvalue weighted by molar-refractivity contribution is 5.73. The largest absolute Gasteiger partial charge is 0.379 e. The third-order valence-electron chi connectivity index (χ3n) is 3.05. The summed E-state index contributed by atoms with van der Waals surface area (Å²) in [5.41, 5.74) is 0. The van der Waals surface area contributed by atoms with Gasteiger partial charge in [-0.15, -0.1) is 0 Å². The highest BCUT2D eigenvalue weighted by atomic mass is 16.5. The molecule has 1 heterocycles. The molecule has 0 bridgehead atoms. The minimum absolute atomic E-state index is 0.0439. The molecule has 0 aromatic carbocycles. The van der Waals surface area contributed by atoms with E-state index in [0.29, 0.717) is 5.92 Å². The van der Waals surface area contributed by atoms with Gasteiger partial charge < -0.3 is 15.4 Å². The second kappa shape index (κ2) is 9.16. The molecule has 5 heteroatoms. The van der Waals surface area contributed by atoms with E-state index in [-0.39, 0.29) is 6.03 Å². The number of hydrogen-bond acceptors (Lipinski definition) is 3. The first-order valence-corrected chi connectivity index (χ1v) is 7.00. The zero-order valence-corrected chi connectivity index (χ0v) is 11.7. The van der Waals surface area contributed by atoms with E-state index in [4.69, 9.17) is 4.74 Å². The van der Waals surface area contributed by atoms with Crippen molar-refractivity contribution in [1.82, 2.24) is 15.5 Å². The molecular weight excluding hydrogens is 230 g/mol. The monoisotopic (exact) mass is 257 g/mol. The molecule has 18 heavy (non-hydrogen) atoms. The van der Waals surface area contributed by atoms with Crippen molar-refractivity contribution in [2.75, 3.05) is 45.9 Å². The van der Waals surface area contributed by atoms with Gasteiger partial charge in [0.05, 0.1) is 13.2 Å². The quantitative estimate of drug-likeness (QED) is 0.670. The van der Waals surface area contributed by atoms with Crippen LogP contribution in [0.4, 0.5) is 4.79 Å². The van der Waals surface area contributed by atoms with Gasteiger partial charge in [0.15, 0.2) is 0 Å². The van der Waals surface area contributed by atoms with E-state index in [9.17, 15) is 4.79 Å². The molecule has 106 valence electrons. The molecular formula is C13H27N3O2. The number of hydrogen-bond donors (Lipinski definition) is 2. The molecule has 1 aliphatic heterocycles. The highest BCUT2D eigenvalue weighted by Gasteiger charge is 2.09. The minimum Gasteiger partial charge on any atom is -0.379 e. The second-order valence-electron chi connectivity index (χ2n) is 5.17. The average molecular weight is 257 g/mol. The molecule has 0 saturated carbocycles. The summed E-state index contributed by atoms with van der Waals surface area (Å²) in [4.78, 5) is 13.8. The van der Waals surface area contributed by atoms with Gasteiger partial charge in [0.1, 0.15) is 0 Å². The summed E-state index contributed by atoms with van der Waals surface area (Å²) in [7, 11) is 0. The Kier molecular flexibility index (Phi) is 7.76. The summed E-state index contributed by atoms with van der Waals surface area (Å²) in [5, 5.41) is 5.76. The Hall–Kier alpha value is -0.810. The Bertz CT molecular complexity index is 228. The maximum atomic E-state index is 11.4. The van der Waals surface area contributed by atoms with Crippen LogP contribution in [0.2, 0.25) is 0 Å². The zero-order chi connectivity index (χ0) is 13.2. The Labute approximate surface area is 110 Å². The van der Waals surface area contributed by atoms with Gasteiger partial charge in [-0.3, -0.25) is 4.90 Å². The van der Waals surface area contributed by atoms with Gasteiger partial charge in [-0.05, 0) is 25.3 Å². The summed E-state index contributed by atoms with van der Waals surface area (Å²) >= 11 is 0. The van der Waals surface area contributed by atoms with Gasteiger partial charge in [-0.25, -0.2) is 4.79 Å². The lowest BCUT2D eigenvalue weighted by molar-refractivity contribution is 0.0375. The molecule has 2 N–H and O–H groups in total. The van der Waals surface area contributed by atoms with Crippen LogP contribution in [-0.4, -0.2) is 56.9 Å². The number of rotatable bonds is 7. The smallest absolute Gasteiger partial charge is 0.314 e. The maximum absolute atomic E-state index is 11.4. The number of carbonyl (C=O) groups excluding carboxylic acids is 1. The second-order valence-corrected chi connectivity index (χ2v) is 5.17. The van der Waals surface area contributed by atoms with E-state index in [1.807, 2.05) is 0 Å².